The Morgan fingerprint density at radius 2 is 1.65 bits per heavy atom. The Bertz CT molecular complexity index is 676. The molecule has 142 valence electrons. The van der Waals surface area contributed by atoms with Crippen molar-refractivity contribution in [3.8, 4) is 0 Å². The zero-order valence-corrected chi connectivity index (χ0v) is 17.7. The predicted octanol–water partition coefficient (Wildman–Crippen LogP) is 0.982. The Labute approximate surface area is 163 Å². The van der Waals surface area contributed by atoms with Crippen LogP contribution < -0.4 is 3.61 Å². The first-order valence-corrected chi connectivity index (χ1v) is 11.2. The topological polar surface area (TPSA) is 63.2 Å². The molecule has 0 bridgehead atoms. The Hall–Kier alpha value is -0.520. The maximum atomic E-state index is 13.0. The van der Waals surface area contributed by atoms with Crippen LogP contribution in [0.2, 0.25) is 0 Å². The van der Waals surface area contributed by atoms with E-state index < -0.39 is 44.7 Å². The van der Waals surface area contributed by atoms with Crippen LogP contribution in [0.1, 0.15) is 27.7 Å². The van der Waals surface area contributed by atoms with Gasteiger partial charge in [0.2, 0.25) is 0 Å². The van der Waals surface area contributed by atoms with E-state index in [4.69, 9.17) is 23.7 Å². The van der Waals surface area contributed by atoms with Crippen molar-refractivity contribution in [3.63, 3.8) is 0 Å². The molecule has 1 aromatic carbocycles. The van der Waals surface area contributed by atoms with Gasteiger partial charge in [0, 0.05) is 0 Å². The van der Waals surface area contributed by atoms with Crippen molar-refractivity contribution in [1.82, 2.24) is 0 Å². The van der Waals surface area contributed by atoms with E-state index in [9.17, 15) is 4.79 Å². The number of ether oxygens (including phenoxy) is 5. The van der Waals surface area contributed by atoms with Gasteiger partial charge in [0.15, 0.2) is 0 Å². The Kier molecular flexibility index (Phi) is 4.94. The van der Waals surface area contributed by atoms with E-state index in [1.807, 2.05) is 58.0 Å². The zero-order valence-electron chi connectivity index (χ0n) is 15.3. The van der Waals surface area contributed by atoms with Gasteiger partial charge in [-0.1, -0.05) is 0 Å². The molecule has 3 fully saturated rings. The van der Waals surface area contributed by atoms with E-state index in [2.05, 4.69) is 0 Å². The van der Waals surface area contributed by atoms with Crippen molar-refractivity contribution in [2.75, 3.05) is 6.61 Å². The van der Waals surface area contributed by atoms with Gasteiger partial charge in [0.05, 0.1) is 0 Å². The van der Waals surface area contributed by atoms with Gasteiger partial charge in [0.25, 0.3) is 0 Å². The molecule has 0 radical (unpaired) electrons. The zero-order chi connectivity index (χ0) is 18.5. The van der Waals surface area contributed by atoms with E-state index in [0.29, 0.717) is 6.61 Å². The van der Waals surface area contributed by atoms with E-state index in [1.165, 1.54) is 0 Å². The van der Waals surface area contributed by atoms with Crippen LogP contribution in [0.15, 0.2) is 30.3 Å². The second-order valence-electron chi connectivity index (χ2n) is 7.69. The van der Waals surface area contributed by atoms with Crippen molar-refractivity contribution >= 4 is 28.4 Å². The number of rotatable bonds is 4. The van der Waals surface area contributed by atoms with Crippen LogP contribution in [-0.2, 0) is 28.5 Å². The molecule has 5 atom stereocenters. The van der Waals surface area contributed by atoms with Gasteiger partial charge >= 0.3 is 164 Å². The Morgan fingerprint density at radius 3 is 2.31 bits per heavy atom. The molecule has 3 saturated heterocycles. The Morgan fingerprint density at radius 1 is 0.962 bits per heavy atom. The van der Waals surface area contributed by atoms with E-state index >= 15 is 0 Å². The maximum absolute atomic E-state index is 13.0. The van der Waals surface area contributed by atoms with Crippen molar-refractivity contribution < 1.29 is 28.5 Å². The first-order chi connectivity index (χ1) is 12.2. The third kappa shape index (κ3) is 3.72. The van der Waals surface area contributed by atoms with Gasteiger partial charge in [-0.3, -0.25) is 0 Å². The second kappa shape index (κ2) is 6.82. The molecule has 7 heteroatoms. The van der Waals surface area contributed by atoms with Crippen LogP contribution >= 0.6 is 0 Å². The van der Waals surface area contributed by atoms with E-state index in [1.54, 1.807) is 0 Å². The fourth-order valence-corrected chi connectivity index (χ4v) is 6.03. The normalized spacial score (nSPS) is 37.6. The van der Waals surface area contributed by atoms with Gasteiger partial charge in [-0.05, 0) is 0 Å². The van der Waals surface area contributed by atoms with Crippen molar-refractivity contribution in [1.29, 1.82) is 0 Å². The molecule has 1 aromatic rings. The molecule has 6 nitrogen and oxygen atoms in total. The van der Waals surface area contributed by atoms with E-state index in [0.717, 1.165) is 3.61 Å². The van der Waals surface area contributed by atoms with Crippen LogP contribution in [0.3, 0.4) is 0 Å². The summed E-state index contributed by atoms with van der Waals surface area (Å²) in [5.41, 5.74) is 0. The molecular weight excluding hydrogens is 452 g/mol. The summed E-state index contributed by atoms with van der Waals surface area (Å²) < 4.78 is 31.1. The average Bonchev–Trinajstić information content (AvgIpc) is 3.18. The predicted molar refractivity (Wildman–Crippen MR) is 94.2 cm³/mol. The molecule has 0 amide bonds. The average molecular weight is 476 g/mol. The minimum atomic E-state index is -1.03. The van der Waals surface area contributed by atoms with Gasteiger partial charge in [0.1, 0.15) is 0 Å². The fraction of sp³-hybridized carbons (Fsp3) is 0.632. The summed E-state index contributed by atoms with van der Waals surface area (Å²) in [6.45, 7) is 7.91. The molecule has 0 aromatic heterocycles. The van der Waals surface area contributed by atoms with Crippen LogP contribution in [0.5, 0.6) is 0 Å². The summed E-state index contributed by atoms with van der Waals surface area (Å²) in [6.07, 6.45) is -1.99. The number of hydrogen-bond acceptors (Lipinski definition) is 6. The first kappa shape index (κ1) is 18.8. The van der Waals surface area contributed by atoms with Crippen LogP contribution in [0, 0.1) is 0 Å². The summed E-state index contributed by atoms with van der Waals surface area (Å²) in [5.74, 6) is -1.39. The molecule has 3 aliphatic rings. The number of carbonyl (C=O) groups excluding carboxylic acids is 1. The number of fused-ring (bicyclic) bond motifs is 1. The molecular formula is C19H24O6Te. The summed E-state index contributed by atoms with van der Waals surface area (Å²) in [5, 5.41) is 0. The molecule has 3 heterocycles. The SMILES string of the molecule is CC1(C)O[C@@H]2[C@H]([C@H]3COC(C)(C)O3)O[C@@H](C(=O)[Te]c3ccccc3)[C@@H]2O1. The monoisotopic (exact) mass is 478 g/mol. The van der Waals surface area contributed by atoms with Crippen LogP contribution in [-0.4, -0.2) is 73.5 Å². The second-order valence-corrected chi connectivity index (χ2v) is 10.8. The molecule has 4 rings (SSSR count). The molecule has 0 N–H and O–H groups in total. The first-order valence-electron chi connectivity index (χ1n) is 8.84. The fourth-order valence-electron chi connectivity index (χ4n) is 3.66. The van der Waals surface area contributed by atoms with Crippen LogP contribution in [0.25, 0.3) is 0 Å². The minimum absolute atomic E-state index is 0.124. The van der Waals surface area contributed by atoms with Crippen molar-refractivity contribution in [2.24, 2.45) is 0 Å². The Balaban J connectivity index is 1.53. The quantitative estimate of drug-likeness (QED) is 0.605. The molecule has 3 aliphatic heterocycles. The third-order valence-electron chi connectivity index (χ3n) is 4.68. The molecule has 26 heavy (non-hydrogen) atoms. The van der Waals surface area contributed by atoms with Crippen LogP contribution in [0.4, 0.5) is 0 Å². The molecule has 0 aliphatic carbocycles. The van der Waals surface area contributed by atoms with Gasteiger partial charge < -0.3 is 0 Å². The van der Waals surface area contributed by atoms with Gasteiger partial charge in [-0.15, -0.1) is 0 Å². The number of benzene rings is 1. The molecule has 0 unspecified atom stereocenters. The number of carbonyl (C=O) groups is 1. The summed E-state index contributed by atoms with van der Waals surface area (Å²) >= 11 is -1.03. The summed E-state index contributed by atoms with van der Waals surface area (Å²) in [4.78, 5) is 13.0. The van der Waals surface area contributed by atoms with Gasteiger partial charge in [-0.25, -0.2) is 0 Å². The number of hydrogen-bond donors (Lipinski definition) is 0. The standard InChI is InChI=1S/C19H24O6Te/c1-18(2)21-10-12(23-18)13-14-15(25-19(3,4)24-14)16(22-13)17(20)26-11-8-6-5-7-9-11/h5-9,12-16H,10H2,1-4H3/t12-,13+,14-,15-,16-/m1/s1. The third-order valence-corrected chi connectivity index (χ3v) is 7.37. The van der Waals surface area contributed by atoms with Crippen molar-refractivity contribution in [3.05, 3.63) is 30.3 Å². The summed E-state index contributed by atoms with van der Waals surface area (Å²) in [6, 6.07) is 9.86. The van der Waals surface area contributed by atoms with E-state index in [-0.39, 0.29) is 22.1 Å². The van der Waals surface area contributed by atoms with Crippen molar-refractivity contribution in [2.45, 2.75) is 69.8 Å². The molecule has 0 saturated carbocycles. The summed E-state index contributed by atoms with van der Waals surface area (Å²) in [7, 11) is 0. The molecule has 0 spiro atoms. The van der Waals surface area contributed by atoms with Gasteiger partial charge in [-0.2, -0.15) is 0 Å².